The largest absolute Gasteiger partial charge is 0.303 e. The van der Waals surface area contributed by atoms with Gasteiger partial charge in [0, 0.05) is 17.8 Å². The number of rotatable bonds is 6. The molecule has 0 aliphatic rings. The second-order valence-corrected chi connectivity index (χ2v) is 3.68. The lowest BCUT2D eigenvalue weighted by Crippen LogP contribution is -2.27. The quantitative estimate of drug-likeness (QED) is 0.421. The number of carbonyl (C=O) groups is 1. The highest BCUT2D eigenvalue weighted by Crippen LogP contribution is 2.26. The van der Waals surface area contributed by atoms with Crippen LogP contribution in [0, 0.1) is 10.1 Å². The average molecular weight is 221 g/mol. The van der Waals surface area contributed by atoms with E-state index in [1.165, 1.54) is 0 Å². The van der Waals surface area contributed by atoms with Gasteiger partial charge in [0.25, 0.3) is 0 Å². The zero-order valence-corrected chi connectivity index (χ0v) is 9.20. The molecule has 2 atom stereocenters. The fourth-order valence-corrected chi connectivity index (χ4v) is 1.90. The van der Waals surface area contributed by atoms with Crippen LogP contribution in [0.3, 0.4) is 0 Å². The van der Waals surface area contributed by atoms with Gasteiger partial charge in [-0.1, -0.05) is 37.3 Å². The number of aldehydes is 1. The van der Waals surface area contributed by atoms with Crippen molar-refractivity contribution in [2.45, 2.75) is 31.7 Å². The molecule has 0 saturated carbocycles. The lowest BCUT2D eigenvalue weighted by Gasteiger charge is -2.18. The van der Waals surface area contributed by atoms with Crippen molar-refractivity contribution < 1.29 is 9.72 Å². The molecular formula is C12H15NO3. The second kappa shape index (κ2) is 6.00. The Labute approximate surface area is 94.4 Å². The van der Waals surface area contributed by atoms with E-state index in [0.29, 0.717) is 6.42 Å². The zero-order chi connectivity index (χ0) is 12.0. The standard InChI is InChI=1S/C12H15NO3/c1-2-12(13(15)16)11(8-9-14)10-6-4-3-5-7-10/h3-7,9,11-12H,2,8H2,1H3/t11-,12+/m0/s1. The van der Waals surface area contributed by atoms with Crippen LogP contribution in [-0.2, 0) is 4.79 Å². The molecule has 0 amide bonds. The summed E-state index contributed by atoms with van der Waals surface area (Å²) in [6, 6.07) is 8.50. The number of hydrogen-bond acceptors (Lipinski definition) is 3. The van der Waals surface area contributed by atoms with Crippen LogP contribution < -0.4 is 0 Å². The van der Waals surface area contributed by atoms with Crippen LogP contribution in [0.15, 0.2) is 30.3 Å². The lowest BCUT2D eigenvalue weighted by molar-refractivity contribution is -0.527. The molecule has 0 heterocycles. The second-order valence-electron chi connectivity index (χ2n) is 3.68. The summed E-state index contributed by atoms with van der Waals surface area (Å²) in [5.41, 5.74) is 0.859. The van der Waals surface area contributed by atoms with Crippen molar-refractivity contribution in [3.05, 3.63) is 46.0 Å². The maximum absolute atomic E-state index is 10.9. The lowest BCUT2D eigenvalue weighted by atomic mass is 9.88. The van der Waals surface area contributed by atoms with Crippen molar-refractivity contribution in [1.82, 2.24) is 0 Å². The van der Waals surface area contributed by atoms with Crippen molar-refractivity contribution in [2.75, 3.05) is 0 Å². The Morgan fingerprint density at radius 3 is 2.44 bits per heavy atom. The highest BCUT2D eigenvalue weighted by molar-refractivity contribution is 5.52. The molecule has 4 nitrogen and oxygen atoms in total. The van der Waals surface area contributed by atoms with Crippen LogP contribution in [0.4, 0.5) is 0 Å². The van der Waals surface area contributed by atoms with E-state index in [-0.39, 0.29) is 17.3 Å². The van der Waals surface area contributed by atoms with Gasteiger partial charge in [-0.05, 0) is 5.56 Å². The van der Waals surface area contributed by atoms with Crippen molar-refractivity contribution in [1.29, 1.82) is 0 Å². The van der Waals surface area contributed by atoms with E-state index in [1.807, 2.05) is 30.3 Å². The third-order valence-corrected chi connectivity index (χ3v) is 2.73. The average Bonchev–Trinajstić information content (AvgIpc) is 2.29. The minimum absolute atomic E-state index is 0.198. The van der Waals surface area contributed by atoms with E-state index in [1.54, 1.807) is 6.92 Å². The molecule has 0 aliphatic carbocycles. The van der Waals surface area contributed by atoms with Gasteiger partial charge in [0.05, 0.1) is 5.92 Å². The van der Waals surface area contributed by atoms with Crippen LogP contribution in [0.25, 0.3) is 0 Å². The maximum Gasteiger partial charge on any atom is 0.220 e. The molecule has 0 N–H and O–H groups in total. The van der Waals surface area contributed by atoms with Crippen molar-refractivity contribution in [2.24, 2.45) is 0 Å². The number of nitrogens with zero attached hydrogens (tertiary/aromatic N) is 1. The normalized spacial score (nSPS) is 14.1. The first kappa shape index (κ1) is 12.4. The monoisotopic (exact) mass is 221 g/mol. The van der Waals surface area contributed by atoms with Gasteiger partial charge in [-0.25, -0.2) is 0 Å². The maximum atomic E-state index is 10.9. The van der Waals surface area contributed by atoms with Crippen LogP contribution in [0.1, 0.15) is 31.2 Å². The molecule has 1 aromatic carbocycles. The highest BCUT2D eigenvalue weighted by atomic mass is 16.6. The molecule has 0 spiro atoms. The summed E-state index contributed by atoms with van der Waals surface area (Å²) in [5, 5.41) is 10.9. The Kier molecular flexibility index (Phi) is 4.64. The SMILES string of the molecule is CC[C@H]([C@@H](CC=O)c1ccccc1)[N+](=O)[O-]. The molecule has 0 unspecified atom stereocenters. The molecule has 1 rings (SSSR count). The Morgan fingerprint density at radius 1 is 1.38 bits per heavy atom. The molecule has 1 aromatic rings. The van der Waals surface area contributed by atoms with Crippen molar-refractivity contribution >= 4 is 6.29 Å². The van der Waals surface area contributed by atoms with Gasteiger partial charge in [-0.15, -0.1) is 0 Å². The minimum atomic E-state index is -0.687. The molecular weight excluding hydrogens is 206 g/mol. The smallest absolute Gasteiger partial charge is 0.220 e. The first-order chi connectivity index (χ1) is 7.70. The molecule has 0 saturated heterocycles. The third kappa shape index (κ3) is 2.89. The third-order valence-electron chi connectivity index (χ3n) is 2.73. The predicted molar refractivity (Wildman–Crippen MR) is 60.9 cm³/mol. The topological polar surface area (TPSA) is 60.2 Å². The van der Waals surface area contributed by atoms with E-state index in [2.05, 4.69) is 0 Å². The predicted octanol–water partition coefficient (Wildman–Crippen LogP) is 2.41. The summed E-state index contributed by atoms with van der Waals surface area (Å²) in [5.74, 6) is -0.321. The highest BCUT2D eigenvalue weighted by Gasteiger charge is 2.30. The zero-order valence-electron chi connectivity index (χ0n) is 9.20. The van der Waals surface area contributed by atoms with Crippen LogP contribution in [-0.4, -0.2) is 17.3 Å². The first-order valence-electron chi connectivity index (χ1n) is 5.32. The number of hydrogen-bond donors (Lipinski definition) is 0. The molecule has 16 heavy (non-hydrogen) atoms. The number of carbonyl (C=O) groups excluding carboxylic acids is 1. The fraction of sp³-hybridized carbons (Fsp3) is 0.417. The minimum Gasteiger partial charge on any atom is -0.303 e. The first-order valence-corrected chi connectivity index (χ1v) is 5.32. The molecule has 4 heteroatoms. The van der Waals surface area contributed by atoms with Gasteiger partial charge < -0.3 is 4.79 Å². The molecule has 0 radical (unpaired) electrons. The van der Waals surface area contributed by atoms with Gasteiger partial charge in [0.1, 0.15) is 6.29 Å². The summed E-state index contributed by atoms with van der Waals surface area (Å²) >= 11 is 0. The summed E-state index contributed by atoms with van der Waals surface area (Å²) in [6.45, 7) is 1.77. The van der Waals surface area contributed by atoms with Gasteiger partial charge in [0.15, 0.2) is 0 Å². The van der Waals surface area contributed by atoms with Gasteiger partial charge >= 0.3 is 0 Å². The molecule has 0 aliphatic heterocycles. The molecule has 0 fully saturated rings. The van der Waals surface area contributed by atoms with Gasteiger partial charge in [0.2, 0.25) is 6.04 Å². The number of benzene rings is 1. The summed E-state index contributed by atoms with van der Waals surface area (Å²) in [7, 11) is 0. The van der Waals surface area contributed by atoms with E-state index in [9.17, 15) is 14.9 Å². The van der Waals surface area contributed by atoms with Gasteiger partial charge in [-0.3, -0.25) is 10.1 Å². The Morgan fingerprint density at radius 2 is 2.00 bits per heavy atom. The molecule has 0 aromatic heterocycles. The molecule has 0 bridgehead atoms. The van der Waals surface area contributed by atoms with Gasteiger partial charge in [-0.2, -0.15) is 0 Å². The summed E-state index contributed by atoms with van der Waals surface area (Å²) < 4.78 is 0. The fourth-order valence-electron chi connectivity index (χ4n) is 1.90. The molecule has 86 valence electrons. The van der Waals surface area contributed by atoms with Crippen LogP contribution in [0.2, 0.25) is 0 Å². The van der Waals surface area contributed by atoms with E-state index >= 15 is 0 Å². The summed E-state index contributed by atoms with van der Waals surface area (Å²) in [6.07, 6.45) is 1.38. The van der Waals surface area contributed by atoms with Crippen molar-refractivity contribution in [3.63, 3.8) is 0 Å². The number of nitro groups is 1. The van der Waals surface area contributed by atoms with E-state index in [4.69, 9.17) is 0 Å². The van der Waals surface area contributed by atoms with E-state index in [0.717, 1.165) is 11.8 Å². The summed E-state index contributed by atoms with van der Waals surface area (Å²) in [4.78, 5) is 21.2. The van der Waals surface area contributed by atoms with Crippen molar-refractivity contribution in [3.8, 4) is 0 Å². The Hall–Kier alpha value is -1.71. The van der Waals surface area contributed by atoms with E-state index < -0.39 is 6.04 Å². The van der Waals surface area contributed by atoms with Crippen LogP contribution >= 0.6 is 0 Å². The Bertz CT molecular complexity index is 351. The Balaban J connectivity index is 2.98. The van der Waals surface area contributed by atoms with Crippen LogP contribution in [0.5, 0.6) is 0 Å².